The first kappa shape index (κ1) is 13.8. The van der Waals surface area contributed by atoms with E-state index in [1.54, 1.807) is 0 Å². The number of benzene rings is 2. The summed E-state index contributed by atoms with van der Waals surface area (Å²) in [5.41, 5.74) is 1.92. The number of amides is 1. The largest absolute Gasteiger partial charge is 0.271 e. The predicted molar refractivity (Wildman–Crippen MR) is 67.8 cm³/mol. The maximum Gasteiger partial charge on any atom is 0.271 e. The van der Waals surface area contributed by atoms with Gasteiger partial charge in [0.1, 0.15) is 17.5 Å². The fourth-order valence-corrected chi connectivity index (χ4v) is 1.46. The van der Waals surface area contributed by atoms with Gasteiger partial charge < -0.3 is 0 Å². The second kappa shape index (κ2) is 6.01. The smallest absolute Gasteiger partial charge is 0.267 e. The number of halogens is 3. The molecule has 0 fully saturated rings. The lowest BCUT2D eigenvalue weighted by Crippen LogP contribution is -2.17. The molecule has 2 rings (SSSR count). The van der Waals surface area contributed by atoms with Gasteiger partial charge in [-0.15, -0.1) is 0 Å². The number of hydrazone groups is 1. The van der Waals surface area contributed by atoms with Gasteiger partial charge in [0.2, 0.25) is 0 Å². The average Bonchev–Trinajstić information content (AvgIpc) is 2.42. The molecule has 0 saturated carbocycles. The highest BCUT2D eigenvalue weighted by atomic mass is 19.1. The van der Waals surface area contributed by atoms with Crippen molar-refractivity contribution >= 4 is 12.1 Å². The summed E-state index contributed by atoms with van der Waals surface area (Å²) < 4.78 is 39.2. The molecule has 20 heavy (non-hydrogen) atoms. The lowest BCUT2D eigenvalue weighted by atomic mass is 10.2. The third-order valence-electron chi connectivity index (χ3n) is 2.47. The molecule has 0 atom stereocenters. The van der Waals surface area contributed by atoms with Crippen molar-refractivity contribution in [1.29, 1.82) is 0 Å². The fraction of sp³-hybridized carbons (Fsp3) is 0. The van der Waals surface area contributed by atoms with Gasteiger partial charge in [-0.3, -0.25) is 4.79 Å². The second-order valence-corrected chi connectivity index (χ2v) is 3.84. The van der Waals surface area contributed by atoms with Crippen LogP contribution in [0.5, 0.6) is 0 Å². The summed E-state index contributed by atoms with van der Waals surface area (Å²) in [6.07, 6.45) is 0.867. The van der Waals surface area contributed by atoms with Gasteiger partial charge in [-0.25, -0.2) is 18.6 Å². The van der Waals surface area contributed by atoms with Crippen LogP contribution in [0.1, 0.15) is 15.9 Å². The van der Waals surface area contributed by atoms with Gasteiger partial charge in [-0.05, 0) is 36.4 Å². The Morgan fingerprint density at radius 1 is 1.00 bits per heavy atom. The summed E-state index contributed by atoms with van der Waals surface area (Å²) in [6, 6.07) is 8.15. The van der Waals surface area contributed by atoms with Crippen LogP contribution >= 0.6 is 0 Å². The minimum absolute atomic E-state index is 0.178. The van der Waals surface area contributed by atoms with Gasteiger partial charge in [0.15, 0.2) is 0 Å². The van der Waals surface area contributed by atoms with Gasteiger partial charge in [0.25, 0.3) is 5.91 Å². The molecule has 0 heterocycles. The number of nitrogens with one attached hydrogen (secondary N) is 1. The minimum Gasteiger partial charge on any atom is -0.267 e. The molecule has 2 aromatic carbocycles. The highest BCUT2D eigenvalue weighted by Gasteiger charge is 2.06. The average molecular weight is 278 g/mol. The zero-order valence-electron chi connectivity index (χ0n) is 10.1. The van der Waals surface area contributed by atoms with E-state index in [1.165, 1.54) is 18.2 Å². The van der Waals surface area contributed by atoms with Crippen molar-refractivity contribution in [2.24, 2.45) is 5.10 Å². The molecule has 102 valence electrons. The molecule has 1 amide bonds. The van der Waals surface area contributed by atoms with E-state index in [9.17, 15) is 18.0 Å². The topological polar surface area (TPSA) is 41.5 Å². The van der Waals surface area contributed by atoms with Crippen LogP contribution in [0.4, 0.5) is 13.2 Å². The van der Waals surface area contributed by atoms with E-state index in [0.717, 1.165) is 30.5 Å². The Hall–Kier alpha value is -2.63. The zero-order valence-corrected chi connectivity index (χ0v) is 10.1. The number of carbonyl (C=O) groups is 1. The number of hydrogen-bond donors (Lipinski definition) is 1. The van der Waals surface area contributed by atoms with Crippen LogP contribution in [-0.4, -0.2) is 12.1 Å². The zero-order chi connectivity index (χ0) is 14.5. The van der Waals surface area contributed by atoms with Crippen molar-refractivity contribution in [1.82, 2.24) is 5.43 Å². The second-order valence-electron chi connectivity index (χ2n) is 3.84. The summed E-state index contributed by atoms with van der Waals surface area (Å²) in [5.74, 6) is -2.66. The van der Waals surface area contributed by atoms with Crippen LogP contribution in [0, 0.1) is 17.5 Å². The third kappa shape index (κ3) is 3.23. The lowest BCUT2D eigenvalue weighted by Gasteiger charge is -2.00. The molecule has 0 aliphatic carbocycles. The molecule has 6 heteroatoms. The van der Waals surface area contributed by atoms with Crippen molar-refractivity contribution in [3.8, 4) is 0 Å². The monoisotopic (exact) mass is 278 g/mol. The van der Waals surface area contributed by atoms with Gasteiger partial charge in [-0.1, -0.05) is 6.07 Å². The molecule has 0 saturated heterocycles. The van der Waals surface area contributed by atoms with E-state index in [2.05, 4.69) is 10.5 Å². The summed E-state index contributed by atoms with van der Waals surface area (Å²) in [7, 11) is 0. The molecule has 2 aromatic rings. The molecule has 0 bridgehead atoms. The SMILES string of the molecule is O=C(NN=Cc1c(F)cccc1F)c1ccc(F)cc1. The van der Waals surface area contributed by atoms with E-state index in [0.29, 0.717) is 0 Å². The summed E-state index contributed by atoms with van der Waals surface area (Å²) in [5, 5.41) is 3.46. The Labute approximate surface area is 112 Å². The van der Waals surface area contributed by atoms with Crippen molar-refractivity contribution in [2.75, 3.05) is 0 Å². The van der Waals surface area contributed by atoms with Crippen LogP contribution in [-0.2, 0) is 0 Å². The Kier molecular flexibility index (Phi) is 4.14. The predicted octanol–water partition coefficient (Wildman–Crippen LogP) is 2.87. The fourth-order valence-electron chi connectivity index (χ4n) is 1.46. The maximum absolute atomic E-state index is 13.3. The first-order chi connectivity index (χ1) is 9.58. The number of hydrogen-bond acceptors (Lipinski definition) is 2. The van der Waals surface area contributed by atoms with Crippen molar-refractivity contribution in [3.05, 3.63) is 71.0 Å². The van der Waals surface area contributed by atoms with E-state index in [1.807, 2.05) is 0 Å². The molecule has 0 radical (unpaired) electrons. The summed E-state index contributed by atoms with van der Waals surface area (Å²) in [4.78, 5) is 11.6. The van der Waals surface area contributed by atoms with Crippen LogP contribution in [0.25, 0.3) is 0 Å². The van der Waals surface area contributed by atoms with E-state index < -0.39 is 23.4 Å². The standard InChI is InChI=1S/C14H9F3N2O/c15-10-6-4-9(5-7-10)14(20)19-18-8-11-12(16)2-1-3-13(11)17/h1-8H,(H,19,20). The maximum atomic E-state index is 13.3. The van der Waals surface area contributed by atoms with Crippen LogP contribution < -0.4 is 5.43 Å². The quantitative estimate of drug-likeness (QED) is 0.680. The first-order valence-corrected chi connectivity index (χ1v) is 5.61. The van der Waals surface area contributed by atoms with Crippen LogP contribution in [0.15, 0.2) is 47.6 Å². The molecule has 0 aliphatic heterocycles. The van der Waals surface area contributed by atoms with Gasteiger partial charge in [0, 0.05) is 5.56 Å². The van der Waals surface area contributed by atoms with Crippen molar-refractivity contribution < 1.29 is 18.0 Å². The summed E-state index contributed by atoms with van der Waals surface area (Å²) in [6.45, 7) is 0. The van der Waals surface area contributed by atoms with E-state index >= 15 is 0 Å². The molecular formula is C14H9F3N2O. The highest BCUT2D eigenvalue weighted by Crippen LogP contribution is 2.09. The van der Waals surface area contributed by atoms with Crippen molar-refractivity contribution in [2.45, 2.75) is 0 Å². The highest BCUT2D eigenvalue weighted by molar-refractivity contribution is 5.94. The minimum atomic E-state index is -0.787. The number of nitrogens with zero attached hydrogens (tertiary/aromatic N) is 1. The Morgan fingerprint density at radius 2 is 1.60 bits per heavy atom. The van der Waals surface area contributed by atoms with Gasteiger partial charge in [-0.2, -0.15) is 5.10 Å². The van der Waals surface area contributed by atoms with Crippen LogP contribution in [0.3, 0.4) is 0 Å². The molecule has 3 nitrogen and oxygen atoms in total. The molecule has 0 unspecified atom stereocenters. The normalized spacial score (nSPS) is 10.8. The number of carbonyl (C=O) groups excluding carboxylic acids is 1. The van der Waals surface area contributed by atoms with E-state index in [4.69, 9.17) is 0 Å². The molecule has 0 spiro atoms. The number of rotatable bonds is 3. The molecular weight excluding hydrogens is 269 g/mol. The van der Waals surface area contributed by atoms with Crippen molar-refractivity contribution in [3.63, 3.8) is 0 Å². The molecule has 1 N–H and O–H groups in total. The summed E-state index contributed by atoms with van der Waals surface area (Å²) >= 11 is 0. The molecule has 0 aromatic heterocycles. The van der Waals surface area contributed by atoms with Crippen LogP contribution in [0.2, 0.25) is 0 Å². The first-order valence-electron chi connectivity index (χ1n) is 5.61. The lowest BCUT2D eigenvalue weighted by molar-refractivity contribution is 0.0955. The Bertz CT molecular complexity index is 634. The Balaban J connectivity index is 2.06. The van der Waals surface area contributed by atoms with Gasteiger partial charge in [0.05, 0.1) is 11.8 Å². The third-order valence-corrected chi connectivity index (χ3v) is 2.47. The van der Waals surface area contributed by atoms with Gasteiger partial charge >= 0.3 is 0 Å². The van der Waals surface area contributed by atoms with E-state index in [-0.39, 0.29) is 11.1 Å². The molecule has 0 aliphatic rings. The Morgan fingerprint density at radius 3 is 2.20 bits per heavy atom.